The van der Waals surface area contributed by atoms with Crippen molar-refractivity contribution in [3.05, 3.63) is 0 Å². The summed E-state index contributed by atoms with van der Waals surface area (Å²) in [5.41, 5.74) is 0.450. The lowest BCUT2D eigenvalue weighted by atomic mass is 10.0. The lowest BCUT2D eigenvalue weighted by molar-refractivity contribution is -0.137. The van der Waals surface area contributed by atoms with Gasteiger partial charge in [0.2, 0.25) is 0 Å². The third-order valence-corrected chi connectivity index (χ3v) is 4.88. The van der Waals surface area contributed by atoms with Crippen LogP contribution in [0.25, 0.3) is 0 Å². The highest BCUT2D eigenvalue weighted by Crippen LogP contribution is 2.67. The Morgan fingerprint density at radius 2 is 1.74 bits per heavy atom. The second-order valence-corrected chi connectivity index (χ2v) is 6.50. The highest BCUT2D eigenvalue weighted by atomic mass is 16.4. The van der Waals surface area contributed by atoms with Crippen molar-refractivity contribution in [2.45, 2.75) is 41.0 Å². The SMILES string of the molecule is CCCN(CC(=O)O)C(=O)NCC1C(C)(C)C1(C)C. The molecule has 1 fully saturated rings. The molecule has 0 aliphatic heterocycles. The molecule has 19 heavy (non-hydrogen) atoms. The number of amides is 2. The minimum absolute atomic E-state index is 0.225. The lowest BCUT2D eigenvalue weighted by Gasteiger charge is -2.20. The topological polar surface area (TPSA) is 69.6 Å². The third kappa shape index (κ3) is 3.19. The van der Waals surface area contributed by atoms with E-state index in [9.17, 15) is 9.59 Å². The Bertz CT molecular complexity index is 350. The Hall–Kier alpha value is -1.26. The van der Waals surface area contributed by atoms with Crippen molar-refractivity contribution in [2.75, 3.05) is 19.6 Å². The average Bonchev–Trinajstić information content (AvgIpc) is 2.65. The molecule has 1 saturated carbocycles. The molecule has 5 nitrogen and oxygen atoms in total. The molecule has 0 saturated heterocycles. The third-order valence-electron chi connectivity index (χ3n) is 4.88. The van der Waals surface area contributed by atoms with Crippen LogP contribution in [0.3, 0.4) is 0 Å². The number of rotatable bonds is 6. The van der Waals surface area contributed by atoms with E-state index >= 15 is 0 Å². The van der Waals surface area contributed by atoms with E-state index in [4.69, 9.17) is 5.11 Å². The summed E-state index contributed by atoms with van der Waals surface area (Å²) in [5.74, 6) is -0.534. The van der Waals surface area contributed by atoms with E-state index in [1.807, 2.05) is 6.92 Å². The molecule has 1 aliphatic rings. The van der Waals surface area contributed by atoms with E-state index in [1.165, 1.54) is 4.90 Å². The van der Waals surface area contributed by atoms with Crippen LogP contribution in [0.2, 0.25) is 0 Å². The Balaban J connectivity index is 2.48. The predicted molar refractivity (Wildman–Crippen MR) is 74.0 cm³/mol. The molecular weight excluding hydrogens is 244 g/mol. The number of urea groups is 1. The van der Waals surface area contributed by atoms with Gasteiger partial charge in [-0.1, -0.05) is 34.6 Å². The van der Waals surface area contributed by atoms with Gasteiger partial charge in [-0.05, 0) is 23.2 Å². The minimum atomic E-state index is -0.976. The first kappa shape index (κ1) is 15.8. The molecule has 0 atom stereocenters. The zero-order valence-electron chi connectivity index (χ0n) is 12.6. The van der Waals surface area contributed by atoms with E-state index in [2.05, 4.69) is 33.0 Å². The molecule has 2 N–H and O–H groups in total. The van der Waals surface area contributed by atoms with Crippen LogP contribution < -0.4 is 5.32 Å². The van der Waals surface area contributed by atoms with Gasteiger partial charge in [0, 0.05) is 13.1 Å². The van der Waals surface area contributed by atoms with Crippen LogP contribution in [-0.4, -0.2) is 41.6 Å². The largest absolute Gasteiger partial charge is 0.480 e. The van der Waals surface area contributed by atoms with E-state index < -0.39 is 5.97 Å². The summed E-state index contributed by atoms with van der Waals surface area (Å²) < 4.78 is 0. The maximum atomic E-state index is 12.0. The highest BCUT2D eigenvalue weighted by Gasteiger charge is 2.64. The van der Waals surface area contributed by atoms with Crippen molar-refractivity contribution in [3.8, 4) is 0 Å². The number of hydrogen-bond donors (Lipinski definition) is 2. The van der Waals surface area contributed by atoms with Gasteiger partial charge in [-0.25, -0.2) is 4.79 Å². The number of carbonyl (C=O) groups is 2. The number of carbonyl (C=O) groups excluding carboxylic acids is 1. The second kappa shape index (κ2) is 5.39. The molecule has 0 aromatic carbocycles. The summed E-state index contributed by atoms with van der Waals surface area (Å²) in [7, 11) is 0. The first-order valence-corrected chi connectivity index (χ1v) is 6.89. The number of nitrogens with one attached hydrogen (secondary N) is 1. The Morgan fingerprint density at radius 3 is 2.11 bits per heavy atom. The Morgan fingerprint density at radius 1 is 1.21 bits per heavy atom. The normalized spacial score (nSPS) is 19.8. The maximum Gasteiger partial charge on any atom is 0.323 e. The van der Waals surface area contributed by atoms with Crippen LogP contribution in [0.15, 0.2) is 0 Å². The van der Waals surface area contributed by atoms with E-state index in [1.54, 1.807) is 0 Å². The van der Waals surface area contributed by atoms with Gasteiger partial charge in [-0.15, -0.1) is 0 Å². The summed E-state index contributed by atoms with van der Waals surface area (Å²) in [6, 6.07) is -0.275. The van der Waals surface area contributed by atoms with Crippen LogP contribution in [0.1, 0.15) is 41.0 Å². The molecule has 2 amide bonds. The van der Waals surface area contributed by atoms with Gasteiger partial charge in [-0.3, -0.25) is 4.79 Å². The van der Waals surface area contributed by atoms with Crippen LogP contribution in [-0.2, 0) is 4.79 Å². The fraction of sp³-hybridized carbons (Fsp3) is 0.857. The monoisotopic (exact) mass is 270 g/mol. The molecule has 0 heterocycles. The van der Waals surface area contributed by atoms with Crippen molar-refractivity contribution in [1.29, 1.82) is 0 Å². The van der Waals surface area contributed by atoms with Crippen LogP contribution in [0.4, 0.5) is 4.79 Å². The van der Waals surface area contributed by atoms with Gasteiger partial charge in [0.25, 0.3) is 0 Å². The lowest BCUT2D eigenvalue weighted by Crippen LogP contribution is -2.44. The van der Waals surface area contributed by atoms with Gasteiger partial charge in [0.1, 0.15) is 6.54 Å². The Labute approximate surface area is 115 Å². The van der Waals surface area contributed by atoms with Gasteiger partial charge in [0.05, 0.1) is 0 Å². The van der Waals surface area contributed by atoms with E-state index in [0.717, 1.165) is 6.42 Å². The molecule has 1 rings (SSSR count). The molecule has 0 spiro atoms. The maximum absolute atomic E-state index is 12.0. The molecule has 110 valence electrons. The van der Waals surface area contributed by atoms with Crippen LogP contribution >= 0.6 is 0 Å². The standard InChI is InChI=1S/C14H26N2O3/c1-6-7-16(9-11(17)18)12(19)15-8-10-13(2,3)14(10,4)5/h10H,6-9H2,1-5H3,(H,15,19)(H,17,18). The summed E-state index contributed by atoms with van der Waals surface area (Å²) in [4.78, 5) is 24.1. The minimum Gasteiger partial charge on any atom is -0.480 e. The number of nitrogens with zero attached hydrogens (tertiary/aromatic N) is 1. The van der Waals surface area contributed by atoms with E-state index in [0.29, 0.717) is 19.0 Å². The number of carboxylic acid groups (broad SMARTS) is 1. The predicted octanol–water partition coefficient (Wildman–Crippen LogP) is 2.17. The molecule has 0 radical (unpaired) electrons. The summed E-state index contributed by atoms with van der Waals surface area (Å²) >= 11 is 0. The summed E-state index contributed by atoms with van der Waals surface area (Å²) in [5, 5.41) is 11.7. The van der Waals surface area contributed by atoms with Gasteiger partial charge < -0.3 is 15.3 Å². The van der Waals surface area contributed by atoms with Gasteiger partial charge in [0.15, 0.2) is 0 Å². The number of aliphatic carboxylic acids is 1. The van der Waals surface area contributed by atoms with Crippen molar-refractivity contribution >= 4 is 12.0 Å². The van der Waals surface area contributed by atoms with Crippen molar-refractivity contribution in [2.24, 2.45) is 16.7 Å². The fourth-order valence-corrected chi connectivity index (χ4v) is 2.83. The first-order valence-electron chi connectivity index (χ1n) is 6.89. The number of carboxylic acids is 1. The molecule has 1 aliphatic carbocycles. The van der Waals surface area contributed by atoms with Crippen molar-refractivity contribution < 1.29 is 14.7 Å². The van der Waals surface area contributed by atoms with E-state index in [-0.39, 0.29) is 23.4 Å². The first-order chi connectivity index (χ1) is 8.64. The Kier molecular flexibility index (Phi) is 4.48. The molecule has 0 aromatic rings. The smallest absolute Gasteiger partial charge is 0.323 e. The molecule has 0 bridgehead atoms. The fourth-order valence-electron chi connectivity index (χ4n) is 2.83. The van der Waals surface area contributed by atoms with Crippen LogP contribution in [0.5, 0.6) is 0 Å². The quantitative estimate of drug-likeness (QED) is 0.777. The zero-order chi connectivity index (χ0) is 14.8. The second-order valence-electron chi connectivity index (χ2n) is 6.50. The van der Waals surface area contributed by atoms with Crippen molar-refractivity contribution in [1.82, 2.24) is 10.2 Å². The van der Waals surface area contributed by atoms with Gasteiger partial charge in [-0.2, -0.15) is 0 Å². The van der Waals surface area contributed by atoms with Crippen LogP contribution in [0, 0.1) is 16.7 Å². The summed E-state index contributed by atoms with van der Waals surface area (Å²) in [6.07, 6.45) is 0.751. The molecule has 0 aromatic heterocycles. The molecule has 5 heteroatoms. The van der Waals surface area contributed by atoms with Crippen molar-refractivity contribution in [3.63, 3.8) is 0 Å². The zero-order valence-corrected chi connectivity index (χ0v) is 12.6. The molecule has 0 unspecified atom stereocenters. The van der Waals surface area contributed by atoms with Gasteiger partial charge >= 0.3 is 12.0 Å². The number of hydrogen-bond acceptors (Lipinski definition) is 2. The summed E-state index contributed by atoms with van der Waals surface area (Å²) in [6.45, 7) is 11.6. The average molecular weight is 270 g/mol. The molecular formula is C14H26N2O3. The highest BCUT2D eigenvalue weighted by molar-refractivity contribution is 5.80.